The molecule has 232 valence electrons. The van der Waals surface area contributed by atoms with Crippen molar-refractivity contribution in [2.75, 3.05) is 30.3 Å². The second-order valence-corrected chi connectivity index (χ2v) is 12.6. The van der Waals surface area contributed by atoms with Gasteiger partial charge in [0.1, 0.15) is 24.2 Å². The van der Waals surface area contributed by atoms with Crippen molar-refractivity contribution >= 4 is 45.5 Å². The van der Waals surface area contributed by atoms with Gasteiger partial charge in [-0.15, -0.1) is 0 Å². The van der Waals surface area contributed by atoms with Crippen molar-refractivity contribution in [2.24, 2.45) is 11.3 Å². The fourth-order valence-electron chi connectivity index (χ4n) is 6.58. The normalized spacial score (nSPS) is 17.2. The number of halogens is 1. The minimum absolute atomic E-state index is 0.216. The molecule has 1 aliphatic carbocycles. The average molecular weight is 625 g/mol. The quantitative estimate of drug-likeness (QED) is 0.177. The van der Waals surface area contributed by atoms with Gasteiger partial charge in [0, 0.05) is 36.8 Å². The Morgan fingerprint density at radius 1 is 1.13 bits per heavy atom. The number of benzene rings is 2. The maximum atomic E-state index is 12.2. The number of aryl methyl sites for hydroxylation is 1. The van der Waals surface area contributed by atoms with Gasteiger partial charge in [-0.05, 0) is 93.3 Å². The van der Waals surface area contributed by atoms with Gasteiger partial charge in [-0.25, -0.2) is 0 Å². The second-order valence-electron chi connectivity index (χ2n) is 12.2. The van der Waals surface area contributed by atoms with E-state index < -0.39 is 0 Å². The van der Waals surface area contributed by atoms with Crippen LogP contribution in [0.25, 0.3) is 10.9 Å². The highest BCUT2D eigenvalue weighted by Crippen LogP contribution is 2.48. The van der Waals surface area contributed by atoms with Crippen LogP contribution in [0.15, 0.2) is 54.9 Å². The molecule has 9 nitrogen and oxygen atoms in total. The molecule has 3 N–H and O–H groups in total. The molecule has 2 aromatic heterocycles. The van der Waals surface area contributed by atoms with Crippen LogP contribution in [0.4, 0.5) is 17.1 Å². The highest BCUT2D eigenvalue weighted by Gasteiger charge is 2.39. The molecule has 10 heteroatoms. The van der Waals surface area contributed by atoms with Crippen molar-refractivity contribution < 1.29 is 14.3 Å². The predicted octanol–water partition coefficient (Wildman–Crippen LogP) is 7.29. The van der Waals surface area contributed by atoms with Crippen molar-refractivity contribution in [2.45, 2.75) is 52.6 Å². The Kier molecular flexibility index (Phi) is 9.06. The number of carbonyl (C=O) groups excluding carboxylic acids is 1. The first kappa shape index (κ1) is 30.6. The third-order valence-electron chi connectivity index (χ3n) is 9.04. The van der Waals surface area contributed by atoms with Crippen LogP contribution >= 0.6 is 11.6 Å². The number of pyridine rings is 2. The molecule has 2 aliphatic rings. The molecule has 1 saturated heterocycles. The largest absolute Gasteiger partial charge is 0.491 e. The molecule has 2 fully saturated rings. The number of carbonyl (C=O) groups is 1. The van der Waals surface area contributed by atoms with Crippen LogP contribution in [-0.4, -0.2) is 35.6 Å². The van der Waals surface area contributed by atoms with Gasteiger partial charge >= 0.3 is 0 Å². The number of nitrogens with zero attached hydrogens (tertiary/aromatic N) is 3. The molecule has 45 heavy (non-hydrogen) atoms. The Hall–Kier alpha value is -4.39. The first-order chi connectivity index (χ1) is 21.8. The molecule has 6 rings (SSSR count). The average Bonchev–Trinajstić information content (AvgIpc) is 3.42. The fourth-order valence-corrected chi connectivity index (χ4v) is 6.79. The summed E-state index contributed by atoms with van der Waals surface area (Å²) in [5.41, 5.74) is 4.96. The summed E-state index contributed by atoms with van der Waals surface area (Å²) in [5, 5.41) is 20.8. The van der Waals surface area contributed by atoms with E-state index in [9.17, 15) is 10.1 Å². The molecule has 1 atom stereocenters. The zero-order valence-electron chi connectivity index (χ0n) is 25.6. The first-order valence-corrected chi connectivity index (χ1v) is 15.8. The monoisotopic (exact) mass is 624 g/mol. The van der Waals surface area contributed by atoms with Crippen LogP contribution < -0.4 is 25.4 Å². The van der Waals surface area contributed by atoms with E-state index in [1.54, 1.807) is 18.3 Å². The van der Waals surface area contributed by atoms with Crippen LogP contribution in [0, 0.1) is 29.6 Å². The van der Waals surface area contributed by atoms with Crippen molar-refractivity contribution in [3.8, 4) is 17.6 Å². The number of hydrogen-bond donors (Lipinski definition) is 3. The summed E-state index contributed by atoms with van der Waals surface area (Å²) in [7, 11) is 0. The molecule has 0 radical (unpaired) electrons. The number of rotatable bonds is 9. The number of anilines is 3. The van der Waals surface area contributed by atoms with E-state index in [0.29, 0.717) is 74.6 Å². The Morgan fingerprint density at radius 2 is 1.98 bits per heavy atom. The van der Waals surface area contributed by atoms with Gasteiger partial charge in [-0.2, -0.15) is 5.26 Å². The third kappa shape index (κ3) is 6.98. The van der Waals surface area contributed by atoms with Gasteiger partial charge in [0.25, 0.3) is 0 Å². The number of piperidine rings is 1. The van der Waals surface area contributed by atoms with E-state index in [-0.39, 0.29) is 5.91 Å². The molecule has 1 spiro atoms. The lowest BCUT2D eigenvalue weighted by atomic mass is 9.77. The van der Waals surface area contributed by atoms with Gasteiger partial charge < -0.3 is 25.4 Å². The lowest BCUT2D eigenvalue weighted by Crippen LogP contribution is -2.35. The standard InChI is InChI=1S/C35H37ClN6O3/c1-22-4-3-11-39-32(22)21-44-26-5-6-29(28(36)14-26)42-34-25(18-37)19-40-30-16-33(31(15-27(30)34)41-23(2)43)45-20-24-7-8-35(17-24)9-12-38-13-10-35/h3-6,11,14-16,19,24,38H,7-10,12-13,17,20-21H2,1-2H3,(H,40,42)(H,41,43). The van der Waals surface area contributed by atoms with Crippen LogP contribution in [0.1, 0.15) is 55.8 Å². The molecule has 1 saturated carbocycles. The number of hydrogen-bond acceptors (Lipinski definition) is 8. The predicted molar refractivity (Wildman–Crippen MR) is 176 cm³/mol. The molecule has 0 bridgehead atoms. The Morgan fingerprint density at radius 3 is 2.73 bits per heavy atom. The fraction of sp³-hybridized carbons (Fsp3) is 0.371. The van der Waals surface area contributed by atoms with E-state index >= 15 is 0 Å². The van der Waals surface area contributed by atoms with Gasteiger partial charge in [-0.1, -0.05) is 17.7 Å². The summed E-state index contributed by atoms with van der Waals surface area (Å²) in [5.74, 6) is 1.41. The van der Waals surface area contributed by atoms with E-state index in [1.165, 1.54) is 38.8 Å². The van der Waals surface area contributed by atoms with Crippen molar-refractivity contribution in [3.63, 3.8) is 0 Å². The molecule has 1 aliphatic heterocycles. The van der Waals surface area contributed by atoms with E-state index in [2.05, 4.69) is 32.0 Å². The number of nitrogens with one attached hydrogen (secondary N) is 3. The lowest BCUT2D eigenvalue weighted by molar-refractivity contribution is -0.114. The maximum absolute atomic E-state index is 12.2. The molecule has 4 aromatic rings. The smallest absolute Gasteiger partial charge is 0.221 e. The molecule has 1 amide bonds. The summed E-state index contributed by atoms with van der Waals surface area (Å²) in [6.45, 7) is 6.54. The van der Waals surface area contributed by atoms with E-state index in [1.807, 2.05) is 37.3 Å². The molecule has 2 aromatic carbocycles. The summed E-state index contributed by atoms with van der Waals surface area (Å²) in [6.07, 6.45) is 9.28. The van der Waals surface area contributed by atoms with Gasteiger partial charge in [0.05, 0.1) is 45.5 Å². The summed E-state index contributed by atoms with van der Waals surface area (Å²) < 4.78 is 12.3. The van der Waals surface area contributed by atoms with E-state index in [0.717, 1.165) is 30.8 Å². The minimum Gasteiger partial charge on any atom is -0.491 e. The van der Waals surface area contributed by atoms with Gasteiger partial charge in [-0.3, -0.25) is 14.8 Å². The van der Waals surface area contributed by atoms with Gasteiger partial charge in [0.2, 0.25) is 5.91 Å². The Bertz CT molecular complexity index is 1760. The SMILES string of the molecule is CC(=O)Nc1cc2c(Nc3ccc(OCc4ncccc4C)cc3Cl)c(C#N)cnc2cc1OCC1CCC2(CCNCC2)C1. The zero-order valence-corrected chi connectivity index (χ0v) is 26.3. The van der Waals surface area contributed by atoms with Crippen LogP contribution in [0.2, 0.25) is 5.02 Å². The van der Waals surface area contributed by atoms with Gasteiger partial charge in [0.15, 0.2) is 0 Å². The number of nitriles is 1. The molecular formula is C35H37ClN6O3. The number of fused-ring (bicyclic) bond motifs is 1. The minimum atomic E-state index is -0.216. The highest BCUT2D eigenvalue weighted by atomic mass is 35.5. The second kappa shape index (κ2) is 13.3. The Balaban J connectivity index is 1.24. The third-order valence-corrected chi connectivity index (χ3v) is 9.35. The van der Waals surface area contributed by atoms with Crippen LogP contribution in [-0.2, 0) is 11.4 Å². The van der Waals surface area contributed by atoms with Crippen LogP contribution in [0.5, 0.6) is 11.5 Å². The first-order valence-electron chi connectivity index (χ1n) is 15.4. The Labute approximate surface area is 268 Å². The molecule has 1 unspecified atom stereocenters. The summed E-state index contributed by atoms with van der Waals surface area (Å²) in [6, 6.07) is 15.1. The number of aromatic nitrogens is 2. The molecule has 3 heterocycles. The van der Waals surface area contributed by atoms with Crippen molar-refractivity contribution in [1.29, 1.82) is 5.26 Å². The number of amides is 1. The molecular weight excluding hydrogens is 588 g/mol. The van der Waals surface area contributed by atoms with E-state index in [4.69, 9.17) is 21.1 Å². The lowest BCUT2D eigenvalue weighted by Gasteiger charge is -2.34. The maximum Gasteiger partial charge on any atom is 0.221 e. The van der Waals surface area contributed by atoms with Crippen molar-refractivity contribution in [1.82, 2.24) is 15.3 Å². The highest BCUT2D eigenvalue weighted by molar-refractivity contribution is 6.33. The van der Waals surface area contributed by atoms with Crippen LogP contribution in [0.3, 0.4) is 0 Å². The van der Waals surface area contributed by atoms with Crippen molar-refractivity contribution in [3.05, 3.63) is 76.7 Å². The topological polar surface area (TPSA) is 121 Å². The number of ether oxygens (including phenoxy) is 2. The summed E-state index contributed by atoms with van der Waals surface area (Å²) in [4.78, 5) is 21.1. The summed E-state index contributed by atoms with van der Waals surface area (Å²) >= 11 is 6.68. The zero-order chi connectivity index (χ0) is 31.4.